The monoisotopic (exact) mass is 285 g/mol. The summed E-state index contributed by atoms with van der Waals surface area (Å²) >= 11 is 0. The summed E-state index contributed by atoms with van der Waals surface area (Å²) in [7, 11) is 0. The predicted molar refractivity (Wildman–Crippen MR) is 80.4 cm³/mol. The highest BCUT2D eigenvalue weighted by molar-refractivity contribution is 5.53. The second kappa shape index (κ2) is 5.66. The molecular formula is C17H19NO3. The largest absolute Gasteiger partial charge is 0.504 e. The minimum atomic E-state index is -0.460. The fourth-order valence-electron chi connectivity index (χ4n) is 2.95. The van der Waals surface area contributed by atoms with Crippen molar-refractivity contribution in [3.8, 4) is 17.2 Å². The normalized spacial score (nSPS) is 17.4. The van der Waals surface area contributed by atoms with Gasteiger partial charge in [-0.3, -0.25) is 0 Å². The van der Waals surface area contributed by atoms with Crippen LogP contribution in [0.2, 0.25) is 0 Å². The number of nitrogens with one attached hydrogen (secondary N) is 1. The Labute approximate surface area is 123 Å². The molecule has 3 rings (SSSR count). The van der Waals surface area contributed by atoms with Crippen molar-refractivity contribution in [1.82, 2.24) is 5.32 Å². The van der Waals surface area contributed by atoms with Gasteiger partial charge in [0, 0.05) is 18.2 Å². The van der Waals surface area contributed by atoms with Crippen molar-refractivity contribution in [3.63, 3.8) is 0 Å². The molecule has 4 nitrogen and oxygen atoms in total. The summed E-state index contributed by atoms with van der Waals surface area (Å²) < 4.78 is 0. The van der Waals surface area contributed by atoms with Gasteiger partial charge in [0.25, 0.3) is 0 Å². The van der Waals surface area contributed by atoms with E-state index in [1.165, 1.54) is 17.2 Å². The van der Waals surface area contributed by atoms with Crippen LogP contribution in [-0.2, 0) is 13.0 Å². The Hall–Kier alpha value is -2.20. The summed E-state index contributed by atoms with van der Waals surface area (Å²) in [6.45, 7) is 0.443. The van der Waals surface area contributed by atoms with Crippen molar-refractivity contribution < 1.29 is 15.3 Å². The average Bonchev–Trinajstić information content (AvgIpc) is 2.52. The number of fused-ring (bicyclic) bond motifs is 1. The lowest BCUT2D eigenvalue weighted by atomic mass is 9.87. The Kier molecular flexibility index (Phi) is 3.71. The zero-order valence-corrected chi connectivity index (χ0v) is 11.7. The van der Waals surface area contributed by atoms with Crippen molar-refractivity contribution >= 4 is 0 Å². The van der Waals surface area contributed by atoms with E-state index in [1.54, 1.807) is 6.07 Å². The maximum Gasteiger partial charge on any atom is 0.200 e. The molecular weight excluding hydrogens is 266 g/mol. The van der Waals surface area contributed by atoms with Gasteiger partial charge >= 0.3 is 0 Å². The summed E-state index contributed by atoms with van der Waals surface area (Å²) in [4.78, 5) is 0. The van der Waals surface area contributed by atoms with Gasteiger partial charge in [-0.25, -0.2) is 0 Å². The Bertz CT molecular complexity index is 654. The summed E-state index contributed by atoms with van der Waals surface area (Å²) in [6, 6.07) is 11.7. The van der Waals surface area contributed by atoms with E-state index in [9.17, 15) is 15.3 Å². The third kappa shape index (κ3) is 2.67. The van der Waals surface area contributed by atoms with Crippen LogP contribution in [0.4, 0.5) is 0 Å². The molecule has 0 heterocycles. The highest BCUT2D eigenvalue weighted by Gasteiger charge is 2.20. The Morgan fingerprint density at radius 3 is 2.67 bits per heavy atom. The topological polar surface area (TPSA) is 72.7 Å². The van der Waals surface area contributed by atoms with Gasteiger partial charge in [-0.2, -0.15) is 0 Å². The van der Waals surface area contributed by atoms with E-state index in [0.29, 0.717) is 12.1 Å². The summed E-state index contributed by atoms with van der Waals surface area (Å²) in [5, 5.41) is 32.2. The lowest BCUT2D eigenvalue weighted by Gasteiger charge is -2.26. The first-order chi connectivity index (χ1) is 10.2. The van der Waals surface area contributed by atoms with Crippen LogP contribution >= 0.6 is 0 Å². The van der Waals surface area contributed by atoms with E-state index in [2.05, 4.69) is 23.5 Å². The van der Waals surface area contributed by atoms with E-state index in [1.807, 2.05) is 6.07 Å². The highest BCUT2D eigenvalue weighted by atomic mass is 16.3. The van der Waals surface area contributed by atoms with E-state index < -0.39 is 5.75 Å². The van der Waals surface area contributed by atoms with Gasteiger partial charge < -0.3 is 20.6 Å². The fraction of sp³-hybridized carbons (Fsp3) is 0.294. The van der Waals surface area contributed by atoms with E-state index in [-0.39, 0.29) is 17.5 Å². The van der Waals surface area contributed by atoms with Crippen LogP contribution in [0.25, 0.3) is 0 Å². The summed E-state index contributed by atoms with van der Waals surface area (Å²) in [5.41, 5.74) is 3.26. The highest BCUT2D eigenvalue weighted by Crippen LogP contribution is 2.37. The smallest absolute Gasteiger partial charge is 0.200 e. The van der Waals surface area contributed by atoms with Crippen LogP contribution in [0.1, 0.15) is 35.6 Å². The van der Waals surface area contributed by atoms with Crippen LogP contribution in [-0.4, -0.2) is 15.3 Å². The van der Waals surface area contributed by atoms with E-state index >= 15 is 0 Å². The molecule has 21 heavy (non-hydrogen) atoms. The molecule has 0 fully saturated rings. The van der Waals surface area contributed by atoms with Gasteiger partial charge in [0.15, 0.2) is 11.5 Å². The SMILES string of the molecule is Oc1ccc(CNC2CCCc3ccccc32)c(O)c1O. The number of hydrogen-bond donors (Lipinski definition) is 4. The lowest BCUT2D eigenvalue weighted by Crippen LogP contribution is -2.24. The maximum absolute atomic E-state index is 9.85. The molecule has 4 heteroatoms. The average molecular weight is 285 g/mol. The summed E-state index contributed by atoms with van der Waals surface area (Å²) in [5.74, 6) is -1.02. The second-order valence-electron chi connectivity index (χ2n) is 5.47. The van der Waals surface area contributed by atoms with Crippen LogP contribution in [0.3, 0.4) is 0 Å². The molecule has 0 saturated heterocycles. The van der Waals surface area contributed by atoms with Gasteiger partial charge in [-0.1, -0.05) is 30.3 Å². The third-order valence-electron chi connectivity index (χ3n) is 4.12. The Morgan fingerprint density at radius 1 is 1.00 bits per heavy atom. The van der Waals surface area contributed by atoms with Gasteiger partial charge in [-0.05, 0) is 36.5 Å². The van der Waals surface area contributed by atoms with Crippen LogP contribution < -0.4 is 5.32 Å². The maximum atomic E-state index is 9.85. The molecule has 1 unspecified atom stereocenters. The zero-order valence-electron chi connectivity index (χ0n) is 11.7. The van der Waals surface area contributed by atoms with Crippen LogP contribution in [0.5, 0.6) is 17.2 Å². The van der Waals surface area contributed by atoms with Crippen molar-refractivity contribution in [3.05, 3.63) is 53.1 Å². The van der Waals surface area contributed by atoms with Gasteiger partial charge in [0.1, 0.15) is 0 Å². The number of phenolic OH excluding ortho intramolecular Hbond substituents is 3. The van der Waals surface area contributed by atoms with Crippen molar-refractivity contribution in [1.29, 1.82) is 0 Å². The lowest BCUT2D eigenvalue weighted by molar-refractivity contribution is 0.362. The van der Waals surface area contributed by atoms with Gasteiger partial charge in [0.2, 0.25) is 5.75 Å². The number of aryl methyl sites for hydroxylation is 1. The zero-order chi connectivity index (χ0) is 14.8. The molecule has 1 aliphatic carbocycles. The Morgan fingerprint density at radius 2 is 1.81 bits per heavy atom. The number of benzene rings is 2. The number of hydrogen-bond acceptors (Lipinski definition) is 4. The number of phenols is 3. The molecule has 0 spiro atoms. The van der Waals surface area contributed by atoms with Crippen LogP contribution in [0, 0.1) is 0 Å². The first kappa shape index (κ1) is 13.8. The van der Waals surface area contributed by atoms with Crippen molar-refractivity contribution in [2.75, 3.05) is 0 Å². The molecule has 110 valence electrons. The molecule has 0 aliphatic heterocycles. The summed E-state index contributed by atoms with van der Waals surface area (Å²) in [6.07, 6.45) is 3.31. The van der Waals surface area contributed by atoms with Crippen LogP contribution in [0.15, 0.2) is 36.4 Å². The molecule has 0 aromatic heterocycles. The van der Waals surface area contributed by atoms with E-state index in [4.69, 9.17) is 0 Å². The molecule has 2 aromatic rings. The van der Waals surface area contributed by atoms with Crippen molar-refractivity contribution in [2.45, 2.75) is 31.8 Å². The minimum absolute atomic E-state index is 0.255. The first-order valence-electron chi connectivity index (χ1n) is 7.21. The molecule has 0 saturated carbocycles. The minimum Gasteiger partial charge on any atom is -0.504 e. The standard InChI is InChI=1S/C17H19NO3/c19-15-9-8-12(16(20)17(15)21)10-18-14-7-3-5-11-4-1-2-6-13(11)14/h1-2,4,6,8-9,14,18-21H,3,5,7,10H2. The molecule has 0 amide bonds. The Balaban J connectivity index is 1.76. The third-order valence-corrected chi connectivity index (χ3v) is 4.12. The second-order valence-corrected chi connectivity index (χ2v) is 5.47. The molecule has 0 radical (unpaired) electrons. The van der Waals surface area contributed by atoms with Crippen molar-refractivity contribution in [2.24, 2.45) is 0 Å². The van der Waals surface area contributed by atoms with E-state index in [0.717, 1.165) is 19.3 Å². The first-order valence-corrected chi connectivity index (χ1v) is 7.21. The molecule has 2 aromatic carbocycles. The fourth-order valence-corrected chi connectivity index (χ4v) is 2.95. The quantitative estimate of drug-likeness (QED) is 0.654. The molecule has 1 aliphatic rings. The number of rotatable bonds is 3. The molecule has 0 bridgehead atoms. The number of aromatic hydroxyl groups is 3. The van der Waals surface area contributed by atoms with Gasteiger partial charge in [0.05, 0.1) is 0 Å². The predicted octanol–water partition coefficient (Wildman–Crippen LogP) is 2.97. The molecule has 4 N–H and O–H groups in total. The molecule has 1 atom stereocenters. The van der Waals surface area contributed by atoms with Gasteiger partial charge in [-0.15, -0.1) is 0 Å².